The van der Waals surface area contributed by atoms with Gasteiger partial charge in [0.25, 0.3) is 0 Å². The van der Waals surface area contributed by atoms with Gasteiger partial charge in [0, 0.05) is 6.42 Å². The predicted molar refractivity (Wildman–Crippen MR) is 442 cm³/mol. The highest BCUT2D eigenvalue weighted by atomic mass is 16.7. The molecule has 0 aromatic carbocycles. The molecular weight excluding hydrogens is 1330 g/mol. The molecule has 0 aromatic rings. The zero-order valence-corrected chi connectivity index (χ0v) is 66.6. The first-order chi connectivity index (χ1) is 52.1. The molecule has 0 saturated carbocycles. The summed E-state index contributed by atoms with van der Waals surface area (Å²) < 4.78 is 22.9. The van der Waals surface area contributed by atoms with Crippen molar-refractivity contribution in [1.82, 2.24) is 5.32 Å². The maximum Gasteiger partial charge on any atom is 0.220 e. The van der Waals surface area contributed by atoms with Gasteiger partial charge in [-0.2, -0.15) is 0 Å². The molecule has 12 atom stereocenters. The minimum absolute atomic E-state index is 0.241. The van der Waals surface area contributed by atoms with E-state index in [2.05, 4.69) is 165 Å². The Kier molecular flexibility index (Phi) is 67.7. The maximum absolute atomic E-state index is 13.4. The number of carbonyl (C=O) groups excluding carboxylic acids is 1. The van der Waals surface area contributed by atoms with Crippen LogP contribution in [0, 0.1) is 0 Å². The summed E-state index contributed by atoms with van der Waals surface area (Å²) in [6.45, 7) is 2.68. The Labute approximate surface area is 645 Å². The number of hydrogen-bond donors (Lipinski definition) is 9. The molecular formula is C92H155NO13. The first-order valence-electron chi connectivity index (χ1n) is 42.7. The summed E-state index contributed by atoms with van der Waals surface area (Å²) >= 11 is 0. The zero-order valence-electron chi connectivity index (χ0n) is 66.6. The molecule has 9 N–H and O–H groups in total. The molecule has 2 aliphatic rings. The van der Waals surface area contributed by atoms with E-state index in [1.165, 1.54) is 173 Å². The average molecular weight is 1480 g/mol. The minimum Gasteiger partial charge on any atom is -0.394 e. The minimum atomic E-state index is -1.80. The third-order valence-electron chi connectivity index (χ3n) is 19.7. The first-order valence-corrected chi connectivity index (χ1v) is 42.7. The second-order valence-corrected chi connectivity index (χ2v) is 29.2. The standard InChI is InChI=1S/C92H155NO13/c1-3-5-7-9-11-13-15-17-19-21-23-25-27-29-31-33-35-37-38-39-40-41-42-44-46-48-50-52-54-56-58-60-62-64-66-68-70-72-74-76-84(97)93-80(79-103-91-89(102)87(100)90(83(78-95)105-91)106-92-88(101)86(99)85(98)82(77-94)104-92)81(96)75-73-71-69-67-65-63-61-59-57-55-53-51-49-47-45-43-36-34-32-30-28-26-24-22-20-18-16-14-12-10-8-6-4-2/h5,7,11,13,17,19,23,25,29,31,35,37,39-40,42,44,48,50,54,56,60,62,65,67,73,75,80-83,85-92,94-96,98-102H,3-4,6,8-10,12,14-16,18,20-22,24,26-28,30,32-34,36,38,41,43,45-47,49,51-53,55,57-59,61,63-64,66,68-72,74,76-79H2,1-2H3,(H,93,97)/b7-5-,13-11-,19-17-,25-23-,31-29-,37-35-,40-39-,44-42-,50-48-,56-54-,62-60-,67-65+,75-73+. The van der Waals surface area contributed by atoms with Crippen LogP contribution in [0.4, 0.5) is 0 Å². The smallest absolute Gasteiger partial charge is 0.220 e. The fourth-order valence-corrected chi connectivity index (χ4v) is 13.0. The largest absolute Gasteiger partial charge is 0.394 e. The van der Waals surface area contributed by atoms with Crippen molar-refractivity contribution >= 4 is 5.91 Å². The highest BCUT2D eigenvalue weighted by Crippen LogP contribution is 2.30. The number of nitrogens with one attached hydrogen (secondary N) is 1. The average Bonchev–Trinajstić information content (AvgIpc) is 0.789. The van der Waals surface area contributed by atoms with Gasteiger partial charge in [-0.1, -0.05) is 358 Å². The molecule has 0 radical (unpaired) electrons. The van der Waals surface area contributed by atoms with Gasteiger partial charge in [0.1, 0.15) is 48.8 Å². The van der Waals surface area contributed by atoms with Gasteiger partial charge in [0.2, 0.25) is 5.91 Å². The van der Waals surface area contributed by atoms with Crippen molar-refractivity contribution in [3.8, 4) is 0 Å². The first kappa shape index (κ1) is 97.7. The van der Waals surface area contributed by atoms with Gasteiger partial charge < -0.3 is 65.1 Å². The summed E-state index contributed by atoms with van der Waals surface area (Å²) in [5.74, 6) is -0.271. The molecule has 0 aromatic heterocycles. The van der Waals surface area contributed by atoms with E-state index in [-0.39, 0.29) is 18.9 Å². The Balaban J connectivity index is 1.64. The monoisotopic (exact) mass is 1480 g/mol. The van der Waals surface area contributed by atoms with Crippen LogP contribution in [0.15, 0.2) is 158 Å². The molecule has 2 heterocycles. The molecule has 14 heteroatoms. The molecule has 106 heavy (non-hydrogen) atoms. The van der Waals surface area contributed by atoms with E-state index >= 15 is 0 Å². The van der Waals surface area contributed by atoms with Crippen LogP contribution < -0.4 is 5.32 Å². The van der Waals surface area contributed by atoms with Gasteiger partial charge in [0.05, 0.1) is 32.0 Å². The van der Waals surface area contributed by atoms with Crippen LogP contribution in [0.5, 0.6) is 0 Å². The third-order valence-corrected chi connectivity index (χ3v) is 19.7. The van der Waals surface area contributed by atoms with Crippen LogP contribution in [-0.2, 0) is 23.7 Å². The number of aliphatic hydroxyl groups excluding tert-OH is 8. The van der Waals surface area contributed by atoms with E-state index in [4.69, 9.17) is 18.9 Å². The number of allylic oxidation sites excluding steroid dienone is 25. The number of hydrogen-bond acceptors (Lipinski definition) is 13. The number of carbonyl (C=O) groups is 1. The van der Waals surface area contributed by atoms with Gasteiger partial charge in [-0.05, 0) is 116 Å². The topological polar surface area (TPSA) is 228 Å². The Hall–Kier alpha value is -4.39. The van der Waals surface area contributed by atoms with Crippen molar-refractivity contribution < 1.29 is 64.6 Å². The molecule has 0 bridgehead atoms. The Morgan fingerprint density at radius 3 is 1.04 bits per heavy atom. The van der Waals surface area contributed by atoms with Crippen molar-refractivity contribution in [3.05, 3.63) is 158 Å². The fraction of sp³-hybridized carbons (Fsp3) is 0.707. The normalized spacial score (nSPS) is 22.1. The predicted octanol–water partition coefficient (Wildman–Crippen LogP) is 20.5. The Bertz CT molecular complexity index is 2400. The zero-order chi connectivity index (χ0) is 76.5. The van der Waals surface area contributed by atoms with Crippen molar-refractivity contribution in [2.45, 2.75) is 396 Å². The third kappa shape index (κ3) is 55.1. The van der Waals surface area contributed by atoms with Gasteiger partial charge in [-0.3, -0.25) is 4.79 Å². The highest BCUT2D eigenvalue weighted by Gasteiger charge is 2.51. The highest BCUT2D eigenvalue weighted by molar-refractivity contribution is 5.76. The molecule has 2 saturated heterocycles. The lowest BCUT2D eigenvalue weighted by atomic mass is 9.97. The maximum atomic E-state index is 13.4. The van der Waals surface area contributed by atoms with E-state index < -0.39 is 86.8 Å². The van der Waals surface area contributed by atoms with Gasteiger partial charge in [-0.15, -0.1) is 0 Å². The molecule has 2 aliphatic heterocycles. The van der Waals surface area contributed by atoms with Crippen LogP contribution in [0.25, 0.3) is 0 Å². The van der Waals surface area contributed by atoms with Crippen LogP contribution in [0.2, 0.25) is 0 Å². The Morgan fingerprint density at radius 2 is 0.660 bits per heavy atom. The molecule has 14 nitrogen and oxygen atoms in total. The van der Waals surface area contributed by atoms with Gasteiger partial charge in [0.15, 0.2) is 12.6 Å². The van der Waals surface area contributed by atoms with Crippen molar-refractivity contribution in [3.63, 3.8) is 0 Å². The second kappa shape index (κ2) is 73.4. The summed E-state index contributed by atoms with van der Waals surface area (Å²) in [6, 6.07) is -0.957. The molecule has 2 fully saturated rings. The van der Waals surface area contributed by atoms with E-state index in [0.29, 0.717) is 12.8 Å². The van der Waals surface area contributed by atoms with E-state index in [1.807, 2.05) is 6.08 Å². The summed E-state index contributed by atoms with van der Waals surface area (Å²) in [4.78, 5) is 13.4. The summed E-state index contributed by atoms with van der Waals surface area (Å²) in [6.07, 6.45) is 96.2. The lowest BCUT2D eigenvalue weighted by Gasteiger charge is -2.46. The van der Waals surface area contributed by atoms with E-state index in [1.54, 1.807) is 6.08 Å². The lowest BCUT2D eigenvalue weighted by molar-refractivity contribution is -0.359. The number of rotatable bonds is 70. The molecule has 0 spiro atoms. The molecule has 12 unspecified atom stereocenters. The number of aliphatic hydroxyl groups is 8. The molecule has 2 rings (SSSR count). The van der Waals surface area contributed by atoms with Crippen molar-refractivity contribution in [2.24, 2.45) is 0 Å². The van der Waals surface area contributed by atoms with E-state index in [0.717, 1.165) is 116 Å². The Morgan fingerprint density at radius 1 is 0.349 bits per heavy atom. The van der Waals surface area contributed by atoms with Crippen LogP contribution >= 0.6 is 0 Å². The van der Waals surface area contributed by atoms with Crippen LogP contribution in [0.1, 0.15) is 322 Å². The summed E-state index contributed by atoms with van der Waals surface area (Å²) in [7, 11) is 0. The molecule has 606 valence electrons. The number of unbranched alkanes of at least 4 members (excludes halogenated alkanes) is 33. The van der Waals surface area contributed by atoms with Gasteiger partial charge >= 0.3 is 0 Å². The molecule has 1 amide bonds. The quantitative estimate of drug-likeness (QED) is 0.0204. The summed E-state index contributed by atoms with van der Waals surface area (Å²) in [5.41, 5.74) is 0. The van der Waals surface area contributed by atoms with Crippen molar-refractivity contribution in [2.75, 3.05) is 19.8 Å². The van der Waals surface area contributed by atoms with Crippen LogP contribution in [0.3, 0.4) is 0 Å². The number of amides is 1. The van der Waals surface area contributed by atoms with Crippen molar-refractivity contribution in [1.29, 1.82) is 0 Å². The SMILES string of the molecule is CC/C=C\C/C=C\C/C=C\C/C=C\C/C=C\C/C=C\C/C=C\C/C=C\C/C=C\C/C=C\C/C=C\CCCCCCCC(=O)NC(COC1OC(CO)C(OC2OC(CO)C(O)C(O)C2O)C(O)C1O)C(O)/C=C/CC/C=C/CCCCCCCCCCCCCCCCCCCCCCCCCCCCC. The second-order valence-electron chi connectivity index (χ2n) is 29.2. The fourth-order valence-electron chi connectivity index (χ4n) is 13.0. The number of ether oxygens (including phenoxy) is 4. The van der Waals surface area contributed by atoms with Gasteiger partial charge in [-0.25, -0.2) is 0 Å². The van der Waals surface area contributed by atoms with E-state index in [9.17, 15) is 45.6 Å². The summed E-state index contributed by atoms with van der Waals surface area (Å²) in [5, 5.41) is 87.7. The van der Waals surface area contributed by atoms with Crippen LogP contribution in [-0.4, -0.2) is 140 Å². The lowest BCUT2D eigenvalue weighted by Crippen LogP contribution is -2.65. The molecule has 0 aliphatic carbocycles.